The summed E-state index contributed by atoms with van der Waals surface area (Å²) in [6, 6.07) is 8.56. The van der Waals surface area contributed by atoms with E-state index >= 15 is 0 Å². The molecular weight excluding hydrogens is 231 g/mol. The summed E-state index contributed by atoms with van der Waals surface area (Å²) in [5.41, 5.74) is 7.62. The molecule has 0 radical (unpaired) electrons. The minimum Gasteiger partial charge on any atom is -0.468 e. The summed E-state index contributed by atoms with van der Waals surface area (Å²) >= 11 is 0. The van der Waals surface area contributed by atoms with Crippen LogP contribution in [0.25, 0.3) is 0 Å². The number of halogens is 1. The Morgan fingerprint density at radius 3 is 2.83 bits per heavy atom. The summed E-state index contributed by atoms with van der Waals surface area (Å²) in [5.74, 6) is 0.605. The van der Waals surface area contributed by atoms with E-state index in [1.54, 1.807) is 18.4 Å². The molecule has 0 atom stereocenters. The van der Waals surface area contributed by atoms with E-state index in [1.807, 2.05) is 19.2 Å². The van der Waals surface area contributed by atoms with Crippen molar-refractivity contribution in [1.29, 1.82) is 0 Å². The third-order valence-electron chi connectivity index (χ3n) is 2.80. The highest BCUT2D eigenvalue weighted by Gasteiger charge is 2.08. The molecule has 0 aliphatic heterocycles. The molecule has 0 fully saturated rings. The number of nitrogens with two attached hydrogens (primary N) is 1. The molecule has 3 nitrogen and oxygen atoms in total. The van der Waals surface area contributed by atoms with E-state index in [1.165, 1.54) is 6.07 Å². The Bertz CT molecular complexity index is 510. The van der Waals surface area contributed by atoms with Gasteiger partial charge in [0.05, 0.1) is 12.8 Å². The quantitative estimate of drug-likeness (QED) is 0.884. The van der Waals surface area contributed by atoms with Gasteiger partial charge in [-0.15, -0.1) is 0 Å². The standard InChI is InChI=1S/C14H17FN2O/c1-17(9-11-3-2-4-13(15)7-11)10-12-5-6-18-14(12)8-16/h2-7H,8-10,16H2,1H3. The molecule has 1 aromatic carbocycles. The van der Waals surface area contributed by atoms with Gasteiger partial charge in [0, 0.05) is 18.7 Å². The number of benzene rings is 1. The smallest absolute Gasteiger partial charge is 0.123 e. The van der Waals surface area contributed by atoms with Crippen molar-refractivity contribution < 1.29 is 8.81 Å². The van der Waals surface area contributed by atoms with Crippen LogP contribution in [0.5, 0.6) is 0 Å². The third-order valence-corrected chi connectivity index (χ3v) is 2.80. The van der Waals surface area contributed by atoms with Crippen LogP contribution in [0.1, 0.15) is 16.9 Å². The Morgan fingerprint density at radius 1 is 1.28 bits per heavy atom. The zero-order valence-electron chi connectivity index (χ0n) is 10.4. The van der Waals surface area contributed by atoms with Crippen molar-refractivity contribution in [1.82, 2.24) is 4.90 Å². The molecule has 2 rings (SSSR count). The van der Waals surface area contributed by atoms with Gasteiger partial charge in [0.15, 0.2) is 0 Å². The molecule has 4 heteroatoms. The molecule has 0 unspecified atom stereocenters. The predicted molar refractivity (Wildman–Crippen MR) is 68.2 cm³/mol. The van der Waals surface area contributed by atoms with Gasteiger partial charge in [-0.1, -0.05) is 12.1 Å². The van der Waals surface area contributed by atoms with E-state index in [-0.39, 0.29) is 5.82 Å². The van der Waals surface area contributed by atoms with Crippen molar-refractivity contribution in [2.75, 3.05) is 7.05 Å². The van der Waals surface area contributed by atoms with E-state index in [4.69, 9.17) is 10.2 Å². The zero-order valence-corrected chi connectivity index (χ0v) is 10.4. The van der Waals surface area contributed by atoms with Gasteiger partial charge in [-0.2, -0.15) is 0 Å². The molecule has 2 aromatic rings. The second-order valence-electron chi connectivity index (χ2n) is 4.38. The predicted octanol–water partition coefficient (Wildman–Crippen LogP) is 2.51. The van der Waals surface area contributed by atoms with Gasteiger partial charge < -0.3 is 10.2 Å². The molecule has 0 spiro atoms. The maximum atomic E-state index is 13.1. The van der Waals surface area contributed by atoms with Crippen molar-refractivity contribution in [3.8, 4) is 0 Å². The fraction of sp³-hybridized carbons (Fsp3) is 0.286. The van der Waals surface area contributed by atoms with Gasteiger partial charge in [-0.25, -0.2) is 4.39 Å². The lowest BCUT2D eigenvalue weighted by Crippen LogP contribution is -2.18. The second-order valence-corrected chi connectivity index (χ2v) is 4.38. The first kappa shape index (κ1) is 12.8. The van der Waals surface area contributed by atoms with Crippen LogP contribution in [0.4, 0.5) is 4.39 Å². The summed E-state index contributed by atoms with van der Waals surface area (Å²) in [5, 5.41) is 0. The normalized spacial score (nSPS) is 11.1. The van der Waals surface area contributed by atoms with Gasteiger partial charge in [-0.3, -0.25) is 4.90 Å². The Hall–Kier alpha value is -1.65. The molecule has 0 bridgehead atoms. The molecule has 0 saturated carbocycles. The molecule has 2 N–H and O–H groups in total. The average molecular weight is 248 g/mol. The lowest BCUT2D eigenvalue weighted by Gasteiger charge is -2.16. The van der Waals surface area contributed by atoms with Gasteiger partial charge in [-0.05, 0) is 30.8 Å². The first-order valence-corrected chi connectivity index (χ1v) is 5.87. The van der Waals surface area contributed by atoms with Crippen molar-refractivity contribution in [2.24, 2.45) is 5.73 Å². The maximum absolute atomic E-state index is 13.1. The van der Waals surface area contributed by atoms with Crippen LogP contribution in [0, 0.1) is 5.82 Å². The average Bonchev–Trinajstić information content (AvgIpc) is 2.76. The second kappa shape index (κ2) is 5.80. The lowest BCUT2D eigenvalue weighted by atomic mass is 10.2. The number of hydrogen-bond acceptors (Lipinski definition) is 3. The molecule has 0 aliphatic carbocycles. The van der Waals surface area contributed by atoms with Gasteiger partial charge >= 0.3 is 0 Å². The number of nitrogens with zero attached hydrogens (tertiary/aromatic N) is 1. The summed E-state index contributed by atoms with van der Waals surface area (Å²) < 4.78 is 18.3. The van der Waals surface area contributed by atoms with Crippen LogP contribution >= 0.6 is 0 Å². The van der Waals surface area contributed by atoms with E-state index in [0.717, 1.165) is 23.4 Å². The largest absolute Gasteiger partial charge is 0.468 e. The molecular formula is C14H17FN2O. The van der Waals surface area contributed by atoms with Crippen LogP contribution in [0.2, 0.25) is 0 Å². The Kier molecular flexibility index (Phi) is 4.12. The summed E-state index contributed by atoms with van der Waals surface area (Å²) in [6.07, 6.45) is 1.65. The zero-order chi connectivity index (χ0) is 13.0. The molecule has 0 aliphatic rings. The molecule has 0 amide bonds. The highest BCUT2D eigenvalue weighted by molar-refractivity contribution is 5.18. The fourth-order valence-electron chi connectivity index (χ4n) is 1.98. The number of hydrogen-bond donors (Lipinski definition) is 1. The first-order chi connectivity index (χ1) is 8.69. The van der Waals surface area contributed by atoms with Crippen molar-refractivity contribution >= 4 is 0 Å². The van der Waals surface area contributed by atoms with E-state index < -0.39 is 0 Å². The van der Waals surface area contributed by atoms with Crippen molar-refractivity contribution in [2.45, 2.75) is 19.6 Å². The number of furan rings is 1. The first-order valence-electron chi connectivity index (χ1n) is 5.87. The fourth-order valence-corrected chi connectivity index (χ4v) is 1.98. The maximum Gasteiger partial charge on any atom is 0.123 e. The summed E-state index contributed by atoms with van der Waals surface area (Å²) in [6.45, 7) is 1.82. The van der Waals surface area contributed by atoms with Crippen LogP contribution in [-0.2, 0) is 19.6 Å². The molecule has 18 heavy (non-hydrogen) atoms. The summed E-state index contributed by atoms with van der Waals surface area (Å²) in [7, 11) is 1.98. The Morgan fingerprint density at radius 2 is 2.11 bits per heavy atom. The highest BCUT2D eigenvalue weighted by Crippen LogP contribution is 2.14. The van der Waals surface area contributed by atoms with Crippen LogP contribution < -0.4 is 5.73 Å². The van der Waals surface area contributed by atoms with E-state index in [2.05, 4.69) is 4.90 Å². The molecule has 1 aromatic heterocycles. The van der Waals surface area contributed by atoms with Crippen molar-refractivity contribution in [3.05, 3.63) is 59.3 Å². The van der Waals surface area contributed by atoms with Gasteiger partial charge in [0.2, 0.25) is 0 Å². The Labute approximate surface area is 106 Å². The summed E-state index contributed by atoms with van der Waals surface area (Å²) in [4.78, 5) is 2.10. The minimum absolute atomic E-state index is 0.202. The van der Waals surface area contributed by atoms with Crippen LogP contribution in [0.3, 0.4) is 0 Å². The Balaban J connectivity index is 1.98. The SMILES string of the molecule is CN(Cc1cccc(F)c1)Cc1ccoc1CN. The molecule has 96 valence electrons. The minimum atomic E-state index is -0.202. The van der Waals surface area contributed by atoms with E-state index in [0.29, 0.717) is 13.1 Å². The van der Waals surface area contributed by atoms with Gasteiger partial charge in [0.25, 0.3) is 0 Å². The molecule has 1 heterocycles. The van der Waals surface area contributed by atoms with Crippen molar-refractivity contribution in [3.63, 3.8) is 0 Å². The van der Waals surface area contributed by atoms with Gasteiger partial charge in [0.1, 0.15) is 11.6 Å². The third kappa shape index (κ3) is 3.18. The lowest BCUT2D eigenvalue weighted by molar-refractivity contribution is 0.315. The van der Waals surface area contributed by atoms with E-state index in [9.17, 15) is 4.39 Å². The monoisotopic (exact) mass is 248 g/mol. The number of rotatable bonds is 5. The molecule has 0 saturated heterocycles. The topological polar surface area (TPSA) is 42.4 Å². The van der Waals surface area contributed by atoms with Crippen LogP contribution in [-0.4, -0.2) is 11.9 Å². The van der Waals surface area contributed by atoms with Crippen LogP contribution in [0.15, 0.2) is 41.0 Å². The highest BCUT2D eigenvalue weighted by atomic mass is 19.1.